The Morgan fingerprint density at radius 2 is 1.93 bits per heavy atom. The van der Waals surface area contributed by atoms with E-state index in [1.165, 1.54) is 6.42 Å². The zero-order chi connectivity index (χ0) is 18.9. The Morgan fingerprint density at radius 1 is 1.26 bits per heavy atom. The first-order valence-corrected chi connectivity index (χ1v) is 10.4. The Kier molecular flexibility index (Phi) is 11.2. The molecule has 0 spiro atoms. The van der Waals surface area contributed by atoms with Crippen molar-refractivity contribution in [3.8, 4) is 11.5 Å². The van der Waals surface area contributed by atoms with E-state index < -0.39 is 6.10 Å². The van der Waals surface area contributed by atoms with Crippen molar-refractivity contribution in [1.82, 2.24) is 10.6 Å². The summed E-state index contributed by atoms with van der Waals surface area (Å²) in [6.07, 6.45) is 5.00. The van der Waals surface area contributed by atoms with Crippen LogP contribution in [0, 0.1) is 0 Å². The first kappa shape index (κ1) is 24.2. The first-order chi connectivity index (χ1) is 12.6. The van der Waals surface area contributed by atoms with E-state index in [0.717, 1.165) is 36.2 Å². The van der Waals surface area contributed by atoms with Gasteiger partial charge in [-0.05, 0) is 50.1 Å². The molecule has 2 rings (SSSR count). The van der Waals surface area contributed by atoms with Crippen LogP contribution in [0.2, 0.25) is 0 Å². The number of aliphatic hydroxyl groups is 1. The molecule has 0 aliphatic heterocycles. The summed E-state index contributed by atoms with van der Waals surface area (Å²) < 4.78 is 10.5. The fourth-order valence-corrected chi connectivity index (χ4v) is 3.90. The molecule has 27 heavy (non-hydrogen) atoms. The number of aliphatic hydroxyl groups excluding tert-OH is 1. The number of ether oxygens (including phenoxy) is 2. The topological polar surface area (TPSA) is 75.1 Å². The quantitative estimate of drug-likeness (QED) is 0.284. The van der Waals surface area contributed by atoms with Gasteiger partial charge in [-0.3, -0.25) is 4.99 Å². The Labute approximate surface area is 183 Å². The molecule has 0 radical (unpaired) electrons. The van der Waals surface area contributed by atoms with Crippen LogP contribution in [0.1, 0.15) is 37.9 Å². The summed E-state index contributed by atoms with van der Waals surface area (Å²) in [7, 11) is 3.19. The third-order valence-electron chi connectivity index (χ3n) is 4.58. The van der Waals surface area contributed by atoms with E-state index in [2.05, 4.69) is 21.9 Å². The summed E-state index contributed by atoms with van der Waals surface area (Å²) in [6, 6.07) is 5.85. The molecular weight excluding hydrogens is 477 g/mol. The second kappa shape index (κ2) is 12.6. The normalized spacial score (nSPS) is 20.6. The third kappa shape index (κ3) is 7.57. The Hall–Kier alpha value is -0.870. The largest absolute Gasteiger partial charge is 0.497 e. The van der Waals surface area contributed by atoms with Gasteiger partial charge in [0.2, 0.25) is 0 Å². The number of nitrogens with one attached hydrogen (secondary N) is 2. The molecular formula is C19H32IN3O3S. The van der Waals surface area contributed by atoms with E-state index in [1.54, 1.807) is 20.3 Å². The van der Waals surface area contributed by atoms with Crippen LogP contribution in [-0.2, 0) is 0 Å². The number of methoxy groups -OCH3 is 2. The lowest BCUT2D eigenvalue weighted by Gasteiger charge is -2.18. The zero-order valence-electron chi connectivity index (χ0n) is 16.5. The zero-order valence-corrected chi connectivity index (χ0v) is 19.7. The maximum absolute atomic E-state index is 10.5. The monoisotopic (exact) mass is 509 g/mol. The molecule has 1 aliphatic carbocycles. The van der Waals surface area contributed by atoms with Crippen LogP contribution in [0.25, 0.3) is 0 Å². The highest BCUT2D eigenvalue weighted by Gasteiger charge is 2.24. The fraction of sp³-hybridized carbons (Fsp3) is 0.632. The number of nitrogens with zero attached hydrogens (tertiary/aromatic N) is 1. The average molecular weight is 509 g/mol. The molecule has 3 atom stereocenters. The molecule has 1 aromatic carbocycles. The van der Waals surface area contributed by atoms with E-state index in [1.807, 2.05) is 30.8 Å². The van der Waals surface area contributed by atoms with Crippen LogP contribution >= 0.6 is 35.7 Å². The van der Waals surface area contributed by atoms with Crippen LogP contribution in [0.5, 0.6) is 11.5 Å². The van der Waals surface area contributed by atoms with Crippen LogP contribution in [0.15, 0.2) is 23.2 Å². The van der Waals surface area contributed by atoms with Gasteiger partial charge in [0.05, 0.1) is 26.9 Å². The lowest BCUT2D eigenvalue weighted by molar-refractivity contribution is 0.186. The molecule has 6 nitrogen and oxygen atoms in total. The highest BCUT2D eigenvalue weighted by Crippen LogP contribution is 2.28. The van der Waals surface area contributed by atoms with Crippen LogP contribution < -0.4 is 20.1 Å². The first-order valence-electron chi connectivity index (χ1n) is 9.08. The minimum Gasteiger partial charge on any atom is -0.497 e. The number of halogens is 1. The molecule has 1 fully saturated rings. The standard InChI is InChI=1S/C19H31N3O3S.HI/c1-5-20-19(22-14-6-7-17(10-14)26-4)21-12-18(23)13-8-15(24-2)11-16(9-13)25-3;/h8-9,11,14,17-18,23H,5-7,10,12H2,1-4H3,(H2,20,21,22);1H. The smallest absolute Gasteiger partial charge is 0.191 e. The van der Waals surface area contributed by atoms with Gasteiger partial charge < -0.3 is 25.2 Å². The fourth-order valence-electron chi connectivity index (χ4n) is 3.10. The van der Waals surface area contributed by atoms with Crippen molar-refractivity contribution in [1.29, 1.82) is 0 Å². The van der Waals surface area contributed by atoms with E-state index in [9.17, 15) is 5.11 Å². The molecule has 0 amide bonds. The van der Waals surface area contributed by atoms with Crippen molar-refractivity contribution < 1.29 is 14.6 Å². The summed E-state index contributed by atoms with van der Waals surface area (Å²) in [5, 5.41) is 18.0. The van der Waals surface area contributed by atoms with Gasteiger partial charge >= 0.3 is 0 Å². The van der Waals surface area contributed by atoms with Gasteiger partial charge in [-0.2, -0.15) is 11.8 Å². The highest BCUT2D eigenvalue weighted by molar-refractivity contribution is 14.0. The molecule has 1 aliphatic rings. The molecule has 0 saturated heterocycles. The lowest BCUT2D eigenvalue weighted by Crippen LogP contribution is -2.42. The number of thioether (sulfide) groups is 1. The van der Waals surface area contributed by atoms with Gasteiger partial charge in [0.25, 0.3) is 0 Å². The summed E-state index contributed by atoms with van der Waals surface area (Å²) >= 11 is 1.94. The molecule has 3 N–H and O–H groups in total. The van der Waals surface area contributed by atoms with E-state index in [0.29, 0.717) is 17.5 Å². The molecule has 154 valence electrons. The van der Waals surface area contributed by atoms with Gasteiger partial charge in [-0.15, -0.1) is 24.0 Å². The van der Waals surface area contributed by atoms with E-state index in [-0.39, 0.29) is 30.5 Å². The lowest BCUT2D eigenvalue weighted by atomic mass is 10.1. The molecule has 3 unspecified atom stereocenters. The highest BCUT2D eigenvalue weighted by atomic mass is 127. The second-order valence-electron chi connectivity index (χ2n) is 6.39. The summed E-state index contributed by atoms with van der Waals surface area (Å²) in [4.78, 5) is 4.57. The minimum atomic E-state index is -0.725. The van der Waals surface area contributed by atoms with Crippen molar-refractivity contribution in [3.63, 3.8) is 0 Å². The van der Waals surface area contributed by atoms with Crippen molar-refractivity contribution in [3.05, 3.63) is 23.8 Å². The summed E-state index contributed by atoms with van der Waals surface area (Å²) in [6.45, 7) is 3.10. The number of hydrogen-bond donors (Lipinski definition) is 3. The molecule has 0 aromatic heterocycles. The Bertz CT molecular complexity index is 581. The van der Waals surface area contributed by atoms with Gasteiger partial charge in [0.15, 0.2) is 5.96 Å². The summed E-state index contributed by atoms with van der Waals surface area (Å²) in [5.74, 6) is 2.07. The van der Waals surface area contributed by atoms with Crippen molar-refractivity contribution in [2.24, 2.45) is 4.99 Å². The van der Waals surface area contributed by atoms with Crippen LogP contribution in [0.3, 0.4) is 0 Å². The average Bonchev–Trinajstić information content (AvgIpc) is 3.13. The SMILES string of the molecule is CCNC(=NCC(O)c1cc(OC)cc(OC)c1)NC1CCC(SC)C1.I. The number of benzene rings is 1. The van der Waals surface area contributed by atoms with Crippen molar-refractivity contribution in [2.75, 3.05) is 33.6 Å². The summed E-state index contributed by atoms with van der Waals surface area (Å²) in [5.41, 5.74) is 0.726. The second-order valence-corrected chi connectivity index (χ2v) is 7.53. The predicted octanol–water partition coefficient (Wildman–Crippen LogP) is 3.19. The van der Waals surface area contributed by atoms with Gasteiger partial charge in [-0.25, -0.2) is 0 Å². The van der Waals surface area contributed by atoms with Gasteiger partial charge in [0.1, 0.15) is 11.5 Å². The molecule has 0 bridgehead atoms. The molecule has 8 heteroatoms. The maximum atomic E-state index is 10.5. The molecule has 1 aromatic rings. The number of aliphatic imine (C=N–C) groups is 1. The Balaban J connectivity index is 0.00000364. The number of hydrogen-bond acceptors (Lipinski definition) is 5. The predicted molar refractivity (Wildman–Crippen MR) is 124 cm³/mol. The van der Waals surface area contributed by atoms with Gasteiger partial charge in [-0.1, -0.05) is 0 Å². The molecule has 0 heterocycles. The van der Waals surface area contributed by atoms with E-state index in [4.69, 9.17) is 9.47 Å². The van der Waals surface area contributed by atoms with E-state index >= 15 is 0 Å². The number of guanidine groups is 1. The molecule has 1 saturated carbocycles. The minimum absolute atomic E-state index is 0. The van der Waals surface area contributed by atoms with Crippen molar-refractivity contribution >= 4 is 41.7 Å². The number of rotatable bonds is 8. The van der Waals surface area contributed by atoms with Crippen molar-refractivity contribution in [2.45, 2.75) is 43.6 Å². The van der Waals surface area contributed by atoms with Crippen LogP contribution in [-0.4, -0.2) is 55.9 Å². The Morgan fingerprint density at radius 3 is 2.44 bits per heavy atom. The third-order valence-corrected chi connectivity index (χ3v) is 5.68. The van der Waals surface area contributed by atoms with Gasteiger partial charge in [0, 0.05) is 23.9 Å². The van der Waals surface area contributed by atoms with Crippen LogP contribution in [0.4, 0.5) is 0 Å². The maximum Gasteiger partial charge on any atom is 0.191 e.